The lowest BCUT2D eigenvalue weighted by Gasteiger charge is -2.25. The van der Waals surface area contributed by atoms with E-state index in [1.807, 2.05) is 24.3 Å². The highest BCUT2D eigenvalue weighted by Gasteiger charge is 2.21. The quantitative estimate of drug-likeness (QED) is 0.756. The van der Waals surface area contributed by atoms with Gasteiger partial charge in [-0.15, -0.1) is 5.10 Å². The first kappa shape index (κ1) is 17.8. The molecule has 0 spiro atoms. The minimum Gasteiger partial charge on any atom is -0.378 e. The number of benzene rings is 1. The molecule has 3 rings (SSSR count). The summed E-state index contributed by atoms with van der Waals surface area (Å²) >= 11 is 5.87. The van der Waals surface area contributed by atoms with Gasteiger partial charge in [0.1, 0.15) is 0 Å². The van der Waals surface area contributed by atoms with Gasteiger partial charge in [0.25, 0.3) is 5.91 Å². The van der Waals surface area contributed by atoms with Gasteiger partial charge in [-0.25, -0.2) is 0 Å². The molecular weight excluding hydrogens is 342 g/mol. The Morgan fingerprint density at radius 3 is 2.76 bits per heavy atom. The average Bonchev–Trinajstić information content (AvgIpc) is 3.12. The predicted octanol–water partition coefficient (Wildman–Crippen LogP) is 1.58. The highest BCUT2D eigenvalue weighted by molar-refractivity contribution is 6.30. The zero-order valence-corrected chi connectivity index (χ0v) is 14.8. The summed E-state index contributed by atoms with van der Waals surface area (Å²) in [6.07, 6.45) is 2.62. The second-order valence-corrected chi connectivity index (χ2v) is 6.36. The minimum absolute atomic E-state index is 0.0737. The lowest BCUT2D eigenvalue weighted by atomic mass is 10.2. The Morgan fingerprint density at radius 1 is 1.24 bits per heavy atom. The van der Waals surface area contributed by atoms with Crippen molar-refractivity contribution in [1.29, 1.82) is 0 Å². The van der Waals surface area contributed by atoms with E-state index >= 15 is 0 Å². The molecule has 0 saturated carbocycles. The Kier molecular flexibility index (Phi) is 6.38. The third-order valence-corrected chi connectivity index (χ3v) is 4.29. The summed E-state index contributed by atoms with van der Waals surface area (Å²) in [4.78, 5) is 14.1. The van der Waals surface area contributed by atoms with Crippen LogP contribution < -0.4 is 5.32 Å². The first-order valence-electron chi connectivity index (χ1n) is 8.45. The summed E-state index contributed by atoms with van der Waals surface area (Å²) in [5, 5.41) is 12.2. The van der Waals surface area contributed by atoms with Crippen LogP contribution in [0.4, 0.5) is 0 Å². The standard InChI is InChI=1S/C17H22ClN5O2/c18-15-4-2-14(3-5-15)12-19-6-1-7-23-13-16(20-21-23)17(24)22-8-10-25-11-9-22/h2-5,13,19H,1,6-12H2. The molecule has 2 heterocycles. The van der Waals surface area contributed by atoms with Gasteiger partial charge in [0.2, 0.25) is 0 Å². The fourth-order valence-electron chi connectivity index (χ4n) is 2.64. The summed E-state index contributed by atoms with van der Waals surface area (Å²) in [5.74, 6) is -0.0737. The smallest absolute Gasteiger partial charge is 0.276 e. The highest BCUT2D eigenvalue weighted by atomic mass is 35.5. The SMILES string of the molecule is O=C(c1cn(CCCNCc2ccc(Cl)cc2)nn1)N1CCOCC1. The predicted molar refractivity (Wildman–Crippen MR) is 94.5 cm³/mol. The van der Waals surface area contributed by atoms with Crippen molar-refractivity contribution in [3.8, 4) is 0 Å². The minimum atomic E-state index is -0.0737. The van der Waals surface area contributed by atoms with Crippen LogP contribution in [0.25, 0.3) is 0 Å². The van der Waals surface area contributed by atoms with Crippen LogP contribution in [0, 0.1) is 0 Å². The van der Waals surface area contributed by atoms with Crippen LogP contribution in [0.3, 0.4) is 0 Å². The second kappa shape index (κ2) is 8.94. The van der Waals surface area contributed by atoms with Crippen LogP contribution in [-0.4, -0.2) is 58.6 Å². The van der Waals surface area contributed by atoms with E-state index in [1.165, 1.54) is 5.56 Å². The van der Waals surface area contributed by atoms with Gasteiger partial charge in [-0.05, 0) is 30.7 Å². The third kappa shape index (κ3) is 5.26. The van der Waals surface area contributed by atoms with E-state index in [2.05, 4.69) is 15.6 Å². The lowest BCUT2D eigenvalue weighted by molar-refractivity contribution is 0.0299. The number of amides is 1. The summed E-state index contributed by atoms with van der Waals surface area (Å²) in [5.41, 5.74) is 1.60. The number of aryl methyl sites for hydroxylation is 1. The number of carbonyl (C=O) groups excluding carboxylic acids is 1. The number of nitrogens with one attached hydrogen (secondary N) is 1. The van der Waals surface area contributed by atoms with E-state index < -0.39 is 0 Å². The molecule has 1 aromatic carbocycles. The molecule has 8 heteroatoms. The van der Waals surface area contributed by atoms with Crippen molar-refractivity contribution in [3.05, 3.63) is 46.7 Å². The molecule has 1 aromatic heterocycles. The van der Waals surface area contributed by atoms with Crippen molar-refractivity contribution in [1.82, 2.24) is 25.2 Å². The molecular formula is C17H22ClN5O2. The van der Waals surface area contributed by atoms with Crippen molar-refractivity contribution < 1.29 is 9.53 Å². The molecule has 0 unspecified atom stereocenters. The number of aromatic nitrogens is 3. The van der Waals surface area contributed by atoms with Gasteiger partial charge >= 0.3 is 0 Å². The first-order chi connectivity index (χ1) is 12.2. The Labute approximate surface area is 151 Å². The number of rotatable bonds is 7. The fraction of sp³-hybridized carbons (Fsp3) is 0.471. The summed E-state index contributed by atoms with van der Waals surface area (Å²) in [7, 11) is 0. The zero-order valence-electron chi connectivity index (χ0n) is 14.0. The van der Waals surface area contributed by atoms with Crippen molar-refractivity contribution in [2.45, 2.75) is 19.5 Å². The van der Waals surface area contributed by atoms with Crippen LogP contribution >= 0.6 is 11.6 Å². The molecule has 0 aliphatic carbocycles. The van der Waals surface area contributed by atoms with Crippen LogP contribution in [0.5, 0.6) is 0 Å². The lowest BCUT2D eigenvalue weighted by Crippen LogP contribution is -2.40. The van der Waals surface area contributed by atoms with E-state index in [-0.39, 0.29) is 5.91 Å². The number of hydrogen-bond acceptors (Lipinski definition) is 5. The summed E-state index contributed by atoms with van der Waals surface area (Å²) in [6.45, 7) is 4.76. The monoisotopic (exact) mass is 363 g/mol. The van der Waals surface area contributed by atoms with E-state index in [0.717, 1.165) is 31.1 Å². The number of ether oxygens (including phenoxy) is 1. The first-order valence-corrected chi connectivity index (χ1v) is 8.82. The molecule has 25 heavy (non-hydrogen) atoms. The van der Waals surface area contributed by atoms with Gasteiger partial charge in [0.05, 0.1) is 19.4 Å². The summed E-state index contributed by atoms with van der Waals surface area (Å²) < 4.78 is 6.98. The average molecular weight is 364 g/mol. The van der Waals surface area contributed by atoms with Gasteiger partial charge in [0, 0.05) is 31.2 Å². The van der Waals surface area contributed by atoms with Crippen LogP contribution in [0.15, 0.2) is 30.5 Å². The van der Waals surface area contributed by atoms with E-state index in [9.17, 15) is 4.79 Å². The fourth-order valence-corrected chi connectivity index (χ4v) is 2.76. The molecule has 1 saturated heterocycles. The number of hydrogen-bond donors (Lipinski definition) is 1. The Balaban J connectivity index is 1.38. The van der Waals surface area contributed by atoms with E-state index in [1.54, 1.807) is 15.8 Å². The highest BCUT2D eigenvalue weighted by Crippen LogP contribution is 2.09. The van der Waals surface area contributed by atoms with Crippen molar-refractivity contribution in [3.63, 3.8) is 0 Å². The molecule has 0 radical (unpaired) electrons. The van der Waals surface area contributed by atoms with Gasteiger partial charge in [-0.3, -0.25) is 9.48 Å². The number of nitrogens with zero attached hydrogens (tertiary/aromatic N) is 4. The van der Waals surface area contributed by atoms with E-state index in [0.29, 0.717) is 32.0 Å². The van der Waals surface area contributed by atoms with Crippen LogP contribution in [0.2, 0.25) is 5.02 Å². The third-order valence-electron chi connectivity index (χ3n) is 4.04. The number of morpholine rings is 1. The van der Waals surface area contributed by atoms with Crippen molar-refractivity contribution in [2.75, 3.05) is 32.8 Å². The Bertz CT molecular complexity index is 683. The number of carbonyl (C=O) groups is 1. The maximum atomic E-state index is 12.3. The van der Waals surface area contributed by atoms with Gasteiger partial charge < -0.3 is 15.0 Å². The maximum Gasteiger partial charge on any atom is 0.276 e. The molecule has 1 fully saturated rings. The topological polar surface area (TPSA) is 72.3 Å². The summed E-state index contributed by atoms with van der Waals surface area (Å²) in [6, 6.07) is 7.80. The largest absolute Gasteiger partial charge is 0.378 e. The molecule has 0 atom stereocenters. The molecule has 1 aliphatic heterocycles. The van der Waals surface area contributed by atoms with Crippen LogP contribution in [-0.2, 0) is 17.8 Å². The molecule has 1 amide bonds. The molecule has 1 aliphatic rings. The number of halogens is 1. The van der Waals surface area contributed by atoms with Crippen LogP contribution in [0.1, 0.15) is 22.5 Å². The molecule has 134 valence electrons. The molecule has 7 nitrogen and oxygen atoms in total. The van der Waals surface area contributed by atoms with Gasteiger partial charge in [-0.1, -0.05) is 28.9 Å². The van der Waals surface area contributed by atoms with Gasteiger partial charge in [-0.2, -0.15) is 0 Å². The van der Waals surface area contributed by atoms with Crippen molar-refractivity contribution in [2.24, 2.45) is 0 Å². The van der Waals surface area contributed by atoms with Gasteiger partial charge in [0.15, 0.2) is 5.69 Å². The second-order valence-electron chi connectivity index (χ2n) is 5.93. The molecule has 1 N–H and O–H groups in total. The Morgan fingerprint density at radius 2 is 2.00 bits per heavy atom. The normalized spacial score (nSPS) is 14.7. The molecule has 2 aromatic rings. The van der Waals surface area contributed by atoms with Crippen molar-refractivity contribution >= 4 is 17.5 Å². The zero-order chi connectivity index (χ0) is 17.5. The van der Waals surface area contributed by atoms with E-state index in [4.69, 9.17) is 16.3 Å². The maximum absolute atomic E-state index is 12.3. The Hall–Kier alpha value is -1.96. The molecule has 0 bridgehead atoms.